The third-order valence-electron chi connectivity index (χ3n) is 6.58. The minimum atomic E-state index is -0.703. The van der Waals surface area contributed by atoms with Crippen LogP contribution >= 0.6 is 11.8 Å². The summed E-state index contributed by atoms with van der Waals surface area (Å²) in [5, 5.41) is 4.94. The maximum atomic E-state index is 13.5. The highest BCUT2D eigenvalue weighted by atomic mass is 32.2. The molecule has 2 fully saturated rings. The largest absolute Gasteiger partial charge is 0.454 e. The lowest BCUT2D eigenvalue weighted by Gasteiger charge is -2.39. The second-order valence-electron chi connectivity index (χ2n) is 8.50. The summed E-state index contributed by atoms with van der Waals surface area (Å²) in [6.07, 6.45) is 0. The Balaban J connectivity index is 1.28. The maximum absolute atomic E-state index is 13.5. The normalized spacial score (nSPS) is 23.6. The van der Waals surface area contributed by atoms with E-state index in [9.17, 15) is 14.4 Å². The number of hydrogen-bond donors (Lipinski definition) is 2. The lowest BCUT2D eigenvalue weighted by atomic mass is 10.0. The van der Waals surface area contributed by atoms with Crippen LogP contribution in [-0.4, -0.2) is 77.7 Å². The summed E-state index contributed by atoms with van der Waals surface area (Å²) in [5.74, 6) is 2.60. The molecule has 4 heterocycles. The monoisotopic (exact) mass is 467 g/mol. The molecule has 0 unspecified atom stereocenters. The molecule has 4 aliphatic heterocycles. The molecule has 0 aliphatic carbocycles. The number of piperazine rings is 1. The van der Waals surface area contributed by atoms with Gasteiger partial charge in [0.25, 0.3) is 11.8 Å². The van der Waals surface area contributed by atoms with Gasteiger partial charge in [0.15, 0.2) is 17.5 Å². The molecule has 33 heavy (non-hydrogen) atoms. The molecule has 170 valence electrons. The Labute approximate surface area is 194 Å². The predicted octanol–water partition coefficient (Wildman–Crippen LogP) is 0.324. The number of hydrogen-bond acceptors (Lipinski definition) is 6. The molecule has 2 aromatic rings. The van der Waals surface area contributed by atoms with Gasteiger partial charge in [-0.05, 0) is 35.4 Å². The molecule has 2 atom stereocenters. The number of fused-ring (bicyclic) bond motifs is 3. The third-order valence-corrected chi connectivity index (χ3v) is 7.61. The Morgan fingerprint density at radius 2 is 1.88 bits per heavy atom. The number of amides is 3. The Kier molecular flexibility index (Phi) is 4.92. The van der Waals surface area contributed by atoms with E-state index in [1.807, 2.05) is 29.6 Å². The number of thioether (sulfide) groups is 1. The van der Waals surface area contributed by atoms with E-state index in [1.54, 1.807) is 33.7 Å². The smallest absolute Gasteiger partial charge is 0.281 e. The van der Waals surface area contributed by atoms with Crippen molar-refractivity contribution in [2.45, 2.75) is 12.1 Å². The number of benzene rings is 2. The van der Waals surface area contributed by atoms with E-state index in [2.05, 4.69) is 5.32 Å². The Bertz CT molecular complexity index is 1170. The van der Waals surface area contributed by atoms with Crippen LogP contribution in [0.2, 0.25) is 0 Å². The van der Waals surface area contributed by atoms with Crippen LogP contribution in [-0.2, 0) is 9.59 Å². The van der Waals surface area contributed by atoms with E-state index in [0.717, 1.165) is 22.8 Å². The number of anilines is 1. The fourth-order valence-electron chi connectivity index (χ4n) is 4.76. The highest BCUT2D eigenvalue weighted by Crippen LogP contribution is 2.37. The van der Waals surface area contributed by atoms with Gasteiger partial charge in [-0.25, -0.2) is 0 Å². The zero-order valence-electron chi connectivity index (χ0n) is 17.8. The number of rotatable bonds is 2. The summed E-state index contributed by atoms with van der Waals surface area (Å²) >= 11 is 1.74. The standard InChI is InChI=1S/C23H22N4O5S/c28-21-18-9-26(23(30)17-10-33-11-24-17)5-6-27(18)22(29)15-7-13(1-3-16(15)25-21)14-2-4-19-20(8-14)32-12-31-19/h1-4,7-8,17-18,24H,5-6,9-12H2,(H,25,28)/p+1/t17-,18+/m0/s1. The first-order valence-corrected chi connectivity index (χ1v) is 12.1. The van der Waals surface area contributed by atoms with Gasteiger partial charge < -0.3 is 29.9 Å². The Morgan fingerprint density at radius 3 is 2.73 bits per heavy atom. The molecule has 3 amide bonds. The average molecular weight is 468 g/mol. The summed E-state index contributed by atoms with van der Waals surface area (Å²) in [4.78, 5) is 42.7. The molecule has 4 aliphatic rings. The summed E-state index contributed by atoms with van der Waals surface area (Å²) in [6, 6.07) is 10.3. The average Bonchev–Trinajstić information content (AvgIpc) is 3.53. The van der Waals surface area contributed by atoms with Gasteiger partial charge in [0.1, 0.15) is 11.9 Å². The molecule has 0 bridgehead atoms. The van der Waals surface area contributed by atoms with Gasteiger partial charge in [0.05, 0.1) is 23.5 Å². The third kappa shape index (κ3) is 3.50. The van der Waals surface area contributed by atoms with E-state index >= 15 is 0 Å². The molecule has 0 saturated carbocycles. The highest BCUT2D eigenvalue weighted by Gasteiger charge is 2.42. The van der Waals surface area contributed by atoms with Crippen molar-refractivity contribution in [3.63, 3.8) is 0 Å². The van der Waals surface area contributed by atoms with Gasteiger partial charge in [0, 0.05) is 13.1 Å². The van der Waals surface area contributed by atoms with Crippen molar-refractivity contribution in [3.8, 4) is 22.6 Å². The molecule has 10 heteroatoms. The van der Waals surface area contributed by atoms with Crippen molar-refractivity contribution in [1.82, 2.24) is 9.80 Å². The van der Waals surface area contributed by atoms with Crippen molar-refractivity contribution in [1.29, 1.82) is 0 Å². The summed E-state index contributed by atoms with van der Waals surface area (Å²) in [7, 11) is 0. The first kappa shape index (κ1) is 20.4. The summed E-state index contributed by atoms with van der Waals surface area (Å²) < 4.78 is 10.9. The van der Waals surface area contributed by atoms with Gasteiger partial charge in [-0.1, -0.05) is 23.9 Å². The van der Waals surface area contributed by atoms with Crippen LogP contribution in [0, 0.1) is 0 Å². The van der Waals surface area contributed by atoms with Crippen LogP contribution < -0.4 is 20.1 Å². The van der Waals surface area contributed by atoms with E-state index in [-0.39, 0.29) is 37.1 Å². The lowest BCUT2D eigenvalue weighted by molar-refractivity contribution is -0.649. The molecule has 9 nitrogen and oxygen atoms in total. The second-order valence-corrected chi connectivity index (χ2v) is 9.57. The van der Waals surface area contributed by atoms with Crippen LogP contribution in [0.15, 0.2) is 36.4 Å². The van der Waals surface area contributed by atoms with Crippen LogP contribution in [0.3, 0.4) is 0 Å². The molecule has 0 spiro atoms. The molecule has 6 rings (SSSR count). The van der Waals surface area contributed by atoms with Gasteiger partial charge in [-0.3, -0.25) is 14.4 Å². The van der Waals surface area contributed by atoms with E-state index < -0.39 is 6.04 Å². The van der Waals surface area contributed by atoms with Crippen molar-refractivity contribution >= 4 is 35.2 Å². The predicted molar refractivity (Wildman–Crippen MR) is 121 cm³/mol. The van der Waals surface area contributed by atoms with Gasteiger partial charge >= 0.3 is 0 Å². The number of nitrogens with zero attached hydrogens (tertiary/aromatic N) is 2. The minimum absolute atomic E-state index is 0.0479. The van der Waals surface area contributed by atoms with Crippen molar-refractivity contribution in [2.24, 2.45) is 0 Å². The Morgan fingerprint density at radius 1 is 1.06 bits per heavy atom. The summed E-state index contributed by atoms with van der Waals surface area (Å²) in [5.41, 5.74) is 2.67. The molecular weight excluding hydrogens is 444 g/mol. The van der Waals surface area contributed by atoms with E-state index in [0.29, 0.717) is 35.8 Å². The molecular formula is C23H23N4O5S+. The fraction of sp³-hybridized carbons (Fsp3) is 0.348. The zero-order chi connectivity index (χ0) is 22.5. The zero-order valence-corrected chi connectivity index (χ0v) is 18.6. The van der Waals surface area contributed by atoms with E-state index in [1.165, 1.54) is 0 Å². The molecule has 3 N–H and O–H groups in total. The second kappa shape index (κ2) is 7.96. The number of ether oxygens (including phenoxy) is 2. The van der Waals surface area contributed by atoms with E-state index in [4.69, 9.17) is 9.47 Å². The number of carbonyl (C=O) groups excluding carboxylic acids is 3. The van der Waals surface area contributed by atoms with Gasteiger partial charge in [0.2, 0.25) is 12.7 Å². The van der Waals surface area contributed by atoms with Crippen LogP contribution in [0.5, 0.6) is 11.5 Å². The quantitative estimate of drug-likeness (QED) is 0.660. The van der Waals surface area contributed by atoms with Crippen molar-refractivity contribution < 1.29 is 29.2 Å². The van der Waals surface area contributed by atoms with Crippen LogP contribution in [0.4, 0.5) is 5.69 Å². The van der Waals surface area contributed by atoms with Crippen LogP contribution in [0.25, 0.3) is 11.1 Å². The van der Waals surface area contributed by atoms with Gasteiger partial charge in [-0.2, -0.15) is 0 Å². The molecule has 2 saturated heterocycles. The van der Waals surface area contributed by atoms with Crippen LogP contribution in [0.1, 0.15) is 10.4 Å². The SMILES string of the molecule is O=C1Nc2ccc(-c3ccc4c(c3)OCO4)cc2C(=O)N2CCN(C(=O)[C@@H]3CSC[NH2+]3)C[C@H]12. The maximum Gasteiger partial charge on any atom is 0.281 e. The fourth-order valence-corrected chi connectivity index (χ4v) is 5.80. The first-order valence-electron chi connectivity index (χ1n) is 10.9. The highest BCUT2D eigenvalue weighted by molar-refractivity contribution is 7.99. The lowest BCUT2D eigenvalue weighted by Crippen LogP contribution is -2.90. The van der Waals surface area contributed by atoms with Crippen molar-refractivity contribution in [2.75, 3.05) is 43.4 Å². The number of quaternary nitrogens is 1. The number of nitrogens with one attached hydrogen (secondary N) is 1. The number of nitrogens with two attached hydrogens (primary N) is 1. The Hall–Kier alpha value is -3.24. The molecule has 0 aromatic heterocycles. The summed E-state index contributed by atoms with van der Waals surface area (Å²) in [6.45, 7) is 1.17. The first-order chi connectivity index (χ1) is 16.1. The topological polar surface area (TPSA) is 105 Å². The minimum Gasteiger partial charge on any atom is -0.454 e. The number of carbonyl (C=O) groups is 3. The van der Waals surface area contributed by atoms with Gasteiger partial charge in [-0.15, -0.1) is 0 Å². The van der Waals surface area contributed by atoms with Crippen molar-refractivity contribution in [3.05, 3.63) is 42.0 Å². The molecule has 0 radical (unpaired) electrons. The molecule has 2 aromatic carbocycles.